The number of amides is 2. The second kappa shape index (κ2) is 6.57. The smallest absolute Gasteiger partial charge is 0.246 e. The van der Waals surface area contributed by atoms with E-state index in [9.17, 15) is 9.59 Å². The standard InChI is InChI=1S/C14H24N2O2/c1-5-7-8-16-12(9-10(3)4)13(17)15-11(6-2)14(16)18/h5,7,10-12H,6,8-9H2,1-4H3,(H,15,17)/b7-5+. The van der Waals surface area contributed by atoms with Crippen LogP contribution in [-0.2, 0) is 9.59 Å². The Hall–Kier alpha value is -1.32. The highest BCUT2D eigenvalue weighted by molar-refractivity contribution is 5.97. The molecule has 2 amide bonds. The van der Waals surface area contributed by atoms with E-state index in [4.69, 9.17) is 0 Å². The Bertz CT molecular complexity index is 337. The van der Waals surface area contributed by atoms with Gasteiger partial charge in [0.25, 0.3) is 0 Å². The third kappa shape index (κ3) is 3.34. The molecule has 1 aliphatic rings. The fourth-order valence-electron chi connectivity index (χ4n) is 2.22. The predicted octanol–water partition coefficient (Wildman–Crippen LogP) is 1.71. The maximum absolute atomic E-state index is 12.3. The van der Waals surface area contributed by atoms with Crippen LogP contribution in [0.1, 0.15) is 40.5 Å². The van der Waals surface area contributed by atoms with Crippen molar-refractivity contribution in [2.75, 3.05) is 6.54 Å². The minimum Gasteiger partial charge on any atom is -0.343 e. The van der Waals surface area contributed by atoms with Gasteiger partial charge in [-0.25, -0.2) is 0 Å². The monoisotopic (exact) mass is 252 g/mol. The predicted molar refractivity (Wildman–Crippen MR) is 72.0 cm³/mol. The minimum absolute atomic E-state index is 0.0142. The van der Waals surface area contributed by atoms with Crippen LogP contribution < -0.4 is 5.32 Å². The minimum atomic E-state index is -0.355. The quantitative estimate of drug-likeness (QED) is 0.757. The van der Waals surface area contributed by atoms with Crippen molar-refractivity contribution >= 4 is 11.8 Å². The number of carbonyl (C=O) groups excluding carboxylic acids is 2. The first kappa shape index (κ1) is 14.7. The molecule has 0 aliphatic carbocycles. The molecule has 0 radical (unpaired) electrons. The molecule has 2 unspecified atom stereocenters. The molecule has 1 saturated heterocycles. The SMILES string of the molecule is C/C=C/CN1C(=O)C(CC)NC(=O)C1CC(C)C. The van der Waals surface area contributed by atoms with Crippen LogP contribution in [0.15, 0.2) is 12.2 Å². The number of nitrogens with zero attached hydrogens (tertiary/aromatic N) is 1. The summed E-state index contributed by atoms with van der Waals surface area (Å²) in [7, 11) is 0. The molecule has 1 fully saturated rings. The van der Waals surface area contributed by atoms with Crippen molar-refractivity contribution < 1.29 is 9.59 Å². The second-order valence-electron chi connectivity index (χ2n) is 5.17. The van der Waals surface area contributed by atoms with Crippen LogP contribution in [0.2, 0.25) is 0 Å². The first-order valence-electron chi connectivity index (χ1n) is 6.73. The van der Waals surface area contributed by atoms with Gasteiger partial charge in [-0.3, -0.25) is 9.59 Å². The number of hydrogen-bond acceptors (Lipinski definition) is 2. The Labute approximate surface area is 109 Å². The molecule has 102 valence electrons. The van der Waals surface area contributed by atoms with E-state index >= 15 is 0 Å². The lowest BCUT2D eigenvalue weighted by Crippen LogP contribution is -2.63. The van der Waals surface area contributed by atoms with E-state index in [-0.39, 0.29) is 23.9 Å². The van der Waals surface area contributed by atoms with Gasteiger partial charge in [-0.15, -0.1) is 0 Å². The summed E-state index contributed by atoms with van der Waals surface area (Å²) in [5, 5.41) is 2.82. The van der Waals surface area contributed by atoms with E-state index in [1.165, 1.54) is 0 Å². The fourth-order valence-corrected chi connectivity index (χ4v) is 2.22. The van der Waals surface area contributed by atoms with Gasteiger partial charge in [-0.2, -0.15) is 0 Å². The van der Waals surface area contributed by atoms with Crippen molar-refractivity contribution in [1.29, 1.82) is 0 Å². The van der Waals surface area contributed by atoms with Crippen molar-refractivity contribution in [3.05, 3.63) is 12.2 Å². The number of rotatable bonds is 5. The largest absolute Gasteiger partial charge is 0.343 e. The van der Waals surface area contributed by atoms with E-state index in [0.717, 1.165) is 0 Å². The van der Waals surface area contributed by atoms with Crippen LogP contribution in [0.3, 0.4) is 0 Å². The number of allylic oxidation sites excluding steroid dienone is 1. The molecule has 0 bridgehead atoms. The number of hydrogen-bond donors (Lipinski definition) is 1. The van der Waals surface area contributed by atoms with Crippen LogP contribution >= 0.6 is 0 Å². The fraction of sp³-hybridized carbons (Fsp3) is 0.714. The maximum Gasteiger partial charge on any atom is 0.246 e. The topological polar surface area (TPSA) is 49.4 Å². The zero-order chi connectivity index (χ0) is 13.7. The zero-order valence-corrected chi connectivity index (χ0v) is 11.8. The lowest BCUT2D eigenvalue weighted by atomic mass is 9.97. The molecule has 0 aromatic heterocycles. The van der Waals surface area contributed by atoms with Gasteiger partial charge >= 0.3 is 0 Å². The van der Waals surface area contributed by atoms with Gasteiger partial charge in [-0.05, 0) is 25.7 Å². The van der Waals surface area contributed by atoms with Crippen molar-refractivity contribution in [3.63, 3.8) is 0 Å². The highest BCUT2D eigenvalue weighted by Gasteiger charge is 2.39. The summed E-state index contributed by atoms with van der Waals surface area (Å²) in [5.74, 6) is 0.417. The van der Waals surface area contributed by atoms with Crippen LogP contribution in [0.25, 0.3) is 0 Å². The van der Waals surface area contributed by atoms with Crippen LogP contribution in [0.4, 0.5) is 0 Å². The Morgan fingerprint density at radius 1 is 1.39 bits per heavy atom. The molecule has 4 heteroatoms. The van der Waals surface area contributed by atoms with E-state index in [0.29, 0.717) is 25.3 Å². The molecule has 0 aromatic rings. The maximum atomic E-state index is 12.3. The summed E-state index contributed by atoms with van der Waals surface area (Å²) in [6.45, 7) is 8.49. The molecule has 0 spiro atoms. The average molecular weight is 252 g/mol. The molecular weight excluding hydrogens is 228 g/mol. The third-order valence-corrected chi connectivity index (χ3v) is 3.22. The summed E-state index contributed by atoms with van der Waals surface area (Å²) in [4.78, 5) is 26.1. The van der Waals surface area contributed by atoms with Gasteiger partial charge in [0, 0.05) is 6.54 Å². The van der Waals surface area contributed by atoms with Crippen molar-refractivity contribution in [1.82, 2.24) is 10.2 Å². The van der Waals surface area contributed by atoms with Crippen molar-refractivity contribution in [2.24, 2.45) is 5.92 Å². The molecule has 0 saturated carbocycles. The molecule has 2 atom stereocenters. The lowest BCUT2D eigenvalue weighted by molar-refractivity contribution is -0.149. The summed E-state index contributed by atoms with van der Waals surface area (Å²) in [5.41, 5.74) is 0. The van der Waals surface area contributed by atoms with Gasteiger partial charge in [-0.1, -0.05) is 32.9 Å². The third-order valence-electron chi connectivity index (χ3n) is 3.22. The summed E-state index contributed by atoms with van der Waals surface area (Å²) in [6.07, 6.45) is 5.20. The van der Waals surface area contributed by atoms with Crippen molar-refractivity contribution in [2.45, 2.75) is 52.6 Å². The van der Waals surface area contributed by atoms with Gasteiger partial charge in [0.15, 0.2) is 0 Å². The highest BCUT2D eigenvalue weighted by atomic mass is 16.2. The Morgan fingerprint density at radius 2 is 2.06 bits per heavy atom. The molecule has 1 aliphatic heterocycles. The van der Waals surface area contributed by atoms with E-state index in [1.807, 2.05) is 26.0 Å². The first-order chi connectivity index (χ1) is 8.51. The Kier molecular flexibility index (Phi) is 5.38. The zero-order valence-electron chi connectivity index (χ0n) is 11.8. The number of piperazine rings is 1. The second-order valence-corrected chi connectivity index (χ2v) is 5.17. The van der Waals surface area contributed by atoms with Crippen LogP contribution in [0, 0.1) is 5.92 Å². The van der Waals surface area contributed by atoms with Gasteiger partial charge < -0.3 is 10.2 Å². The van der Waals surface area contributed by atoms with Crippen LogP contribution in [0.5, 0.6) is 0 Å². The van der Waals surface area contributed by atoms with E-state index in [1.54, 1.807) is 4.90 Å². The molecule has 4 nitrogen and oxygen atoms in total. The molecule has 1 N–H and O–H groups in total. The van der Waals surface area contributed by atoms with E-state index in [2.05, 4.69) is 19.2 Å². The molecule has 0 aromatic carbocycles. The normalized spacial score (nSPS) is 25.1. The summed E-state index contributed by atoms with van der Waals surface area (Å²) >= 11 is 0. The van der Waals surface area contributed by atoms with E-state index < -0.39 is 0 Å². The van der Waals surface area contributed by atoms with Gasteiger partial charge in [0.05, 0.1) is 0 Å². The van der Waals surface area contributed by atoms with Gasteiger partial charge in [0.1, 0.15) is 12.1 Å². The van der Waals surface area contributed by atoms with Crippen LogP contribution in [-0.4, -0.2) is 35.3 Å². The summed E-state index contributed by atoms with van der Waals surface area (Å²) in [6, 6.07) is -0.678. The Morgan fingerprint density at radius 3 is 2.56 bits per heavy atom. The molecule has 18 heavy (non-hydrogen) atoms. The average Bonchev–Trinajstić information content (AvgIpc) is 2.32. The Balaban J connectivity index is 2.90. The summed E-state index contributed by atoms with van der Waals surface area (Å²) < 4.78 is 0. The van der Waals surface area contributed by atoms with Crippen molar-refractivity contribution in [3.8, 4) is 0 Å². The number of carbonyl (C=O) groups is 2. The number of nitrogens with one attached hydrogen (secondary N) is 1. The molecule has 1 rings (SSSR count). The molecule has 1 heterocycles. The molecular formula is C14H24N2O2. The first-order valence-corrected chi connectivity index (χ1v) is 6.73. The lowest BCUT2D eigenvalue weighted by Gasteiger charge is -2.39. The van der Waals surface area contributed by atoms with Gasteiger partial charge in [0.2, 0.25) is 11.8 Å². The highest BCUT2D eigenvalue weighted by Crippen LogP contribution is 2.18.